The first-order valence-electron chi connectivity index (χ1n) is 8.99. The van der Waals surface area contributed by atoms with E-state index in [-0.39, 0.29) is 12.6 Å². The van der Waals surface area contributed by atoms with Crippen LogP contribution >= 0.6 is 0 Å². The summed E-state index contributed by atoms with van der Waals surface area (Å²) in [4.78, 5) is 11.1. The second-order valence-corrected chi connectivity index (χ2v) is 6.56. The lowest BCUT2D eigenvalue weighted by Crippen LogP contribution is -2.24. The van der Waals surface area contributed by atoms with Crippen LogP contribution in [0.15, 0.2) is 42.6 Å². The summed E-state index contributed by atoms with van der Waals surface area (Å²) in [5.74, 6) is -0.140. The van der Waals surface area contributed by atoms with Crippen LogP contribution in [0.25, 0.3) is 11.0 Å². The van der Waals surface area contributed by atoms with Crippen LogP contribution in [0.4, 0.5) is 20.3 Å². The number of benzene rings is 1. The largest absolute Gasteiger partial charge is 0.395 e. The molecular weight excluding hydrogens is 350 g/mol. The van der Waals surface area contributed by atoms with Crippen molar-refractivity contribution in [1.29, 1.82) is 0 Å². The van der Waals surface area contributed by atoms with Gasteiger partial charge in [-0.3, -0.25) is 4.98 Å². The van der Waals surface area contributed by atoms with Crippen molar-refractivity contribution in [2.75, 3.05) is 29.9 Å². The predicted octanol–water partition coefficient (Wildman–Crippen LogP) is 3.65. The number of aliphatic hydroxyl groups excluding tert-OH is 1. The first-order chi connectivity index (χ1) is 13.2. The highest BCUT2D eigenvalue weighted by Gasteiger charge is 2.29. The molecule has 1 atom stereocenters. The van der Waals surface area contributed by atoms with Gasteiger partial charge in [0.25, 0.3) is 0 Å². The van der Waals surface area contributed by atoms with Gasteiger partial charge < -0.3 is 15.3 Å². The van der Waals surface area contributed by atoms with Crippen molar-refractivity contribution in [3.63, 3.8) is 0 Å². The van der Waals surface area contributed by atoms with E-state index < -0.39 is 11.6 Å². The summed E-state index contributed by atoms with van der Waals surface area (Å²) < 4.78 is 28.0. The fraction of sp³-hybridized carbons (Fsp3) is 0.300. The summed E-state index contributed by atoms with van der Waals surface area (Å²) in [6.45, 7) is 1.14. The fourth-order valence-electron chi connectivity index (χ4n) is 3.64. The first kappa shape index (κ1) is 17.6. The van der Waals surface area contributed by atoms with Crippen LogP contribution in [0.1, 0.15) is 24.4 Å². The van der Waals surface area contributed by atoms with Crippen LogP contribution in [0, 0.1) is 11.6 Å². The highest BCUT2D eigenvalue weighted by Crippen LogP contribution is 2.37. The SMILES string of the molecule is OCCNc1ccnc2ccc(N3CCCC3c3cc(F)ccc3F)nc12. The normalized spacial score (nSPS) is 16.9. The van der Waals surface area contributed by atoms with E-state index in [1.807, 2.05) is 23.1 Å². The summed E-state index contributed by atoms with van der Waals surface area (Å²) in [5.41, 5.74) is 2.56. The minimum absolute atomic E-state index is 0.0105. The van der Waals surface area contributed by atoms with E-state index in [0.717, 1.165) is 36.7 Å². The van der Waals surface area contributed by atoms with Gasteiger partial charge in [0.15, 0.2) is 0 Å². The number of pyridine rings is 2. The molecule has 2 aromatic heterocycles. The number of nitrogens with zero attached hydrogens (tertiary/aromatic N) is 3. The van der Waals surface area contributed by atoms with Gasteiger partial charge in [-0.1, -0.05) is 0 Å². The molecule has 1 aliphatic heterocycles. The number of anilines is 2. The first-order valence-corrected chi connectivity index (χ1v) is 8.99. The zero-order chi connectivity index (χ0) is 18.8. The summed E-state index contributed by atoms with van der Waals surface area (Å²) >= 11 is 0. The van der Waals surface area contributed by atoms with Gasteiger partial charge in [-0.05, 0) is 49.2 Å². The summed E-state index contributed by atoms with van der Waals surface area (Å²) in [6, 6.07) is 8.88. The highest BCUT2D eigenvalue weighted by molar-refractivity contribution is 5.88. The van der Waals surface area contributed by atoms with E-state index in [4.69, 9.17) is 10.1 Å². The van der Waals surface area contributed by atoms with Gasteiger partial charge in [-0.25, -0.2) is 13.8 Å². The van der Waals surface area contributed by atoms with Gasteiger partial charge in [0.1, 0.15) is 23.0 Å². The van der Waals surface area contributed by atoms with Gasteiger partial charge >= 0.3 is 0 Å². The molecule has 140 valence electrons. The quantitative estimate of drug-likeness (QED) is 0.718. The molecule has 3 heterocycles. The third-order valence-corrected chi connectivity index (χ3v) is 4.86. The van der Waals surface area contributed by atoms with Crippen LogP contribution in [-0.4, -0.2) is 34.8 Å². The standard InChI is InChI=1S/C20H20F2N4O/c21-13-3-4-15(22)14(12-13)18-2-1-10-26(18)19-6-5-16-20(25-19)17(7-8-23-16)24-9-11-27/h3-8,12,18,27H,1-2,9-11H2,(H,23,24). The number of halogens is 2. The van der Waals surface area contributed by atoms with Crippen molar-refractivity contribution in [3.05, 3.63) is 59.8 Å². The Morgan fingerprint density at radius 1 is 1.19 bits per heavy atom. The van der Waals surface area contributed by atoms with E-state index in [2.05, 4.69) is 10.3 Å². The Kier molecular flexibility index (Phi) is 4.85. The molecule has 2 N–H and O–H groups in total. The van der Waals surface area contributed by atoms with Crippen molar-refractivity contribution in [1.82, 2.24) is 9.97 Å². The summed E-state index contributed by atoms with van der Waals surface area (Å²) in [5, 5.41) is 12.2. The maximum Gasteiger partial charge on any atom is 0.129 e. The second-order valence-electron chi connectivity index (χ2n) is 6.56. The monoisotopic (exact) mass is 370 g/mol. The number of hydrogen-bond acceptors (Lipinski definition) is 5. The molecule has 1 unspecified atom stereocenters. The number of aromatic nitrogens is 2. The molecule has 0 aliphatic carbocycles. The second kappa shape index (κ2) is 7.44. The van der Waals surface area contributed by atoms with Crippen molar-refractivity contribution < 1.29 is 13.9 Å². The molecule has 1 fully saturated rings. The summed E-state index contributed by atoms with van der Waals surface area (Å²) in [6.07, 6.45) is 3.30. The third-order valence-electron chi connectivity index (χ3n) is 4.86. The van der Waals surface area contributed by atoms with Gasteiger partial charge in [0, 0.05) is 24.8 Å². The lowest BCUT2D eigenvalue weighted by molar-refractivity contribution is 0.311. The molecule has 0 amide bonds. The maximum atomic E-state index is 14.3. The van der Waals surface area contributed by atoms with Gasteiger partial charge in [-0.15, -0.1) is 0 Å². The topological polar surface area (TPSA) is 61.3 Å². The molecule has 0 spiro atoms. The van der Waals surface area contributed by atoms with Crippen molar-refractivity contribution >= 4 is 22.5 Å². The lowest BCUT2D eigenvalue weighted by Gasteiger charge is -2.27. The lowest BCUT2D eigenvalue weighted by atomic mass is 10.0. The smallest absolute Gasteiger partial charge is 0.129 e. The van der Waals surface area contributed by atoms with Crippen LogP contribution in [-0.2, 0) is 0 Å². The molecular formula is C20H20F2N4O. The van der Waals surface area contributed by atoms with Crippen molar-refractivity contribution in [2.24, 2.45) is 0 Å². The van der Waals surface area contributed by atoms with Gasteiger partial charge in [0.05, 0.1) is 23.9 Å². The van der Waals surface area contributed by atoms with E-state index >= 15 is 0 Å². The molecule has 0 bridgehead atoms. The molecule has 1 aliphatic rings. The van der Waals surface area contributed by atoms with E-state index in [9.17, 15) is 8.78 Å². The number of rotatable bonds is 5. The van der Waals surface area contributed by atoms with E-state index in [1.54, 1.807) is 6.20 Å². The molecule has 0 radical (unpaired) electrons. The molecule has 1 saturated heterocycles. The Morgan fingerprint density at radius 2 is 2.07 bits per heavy atom. The average molecular weight is 370 g/mol. The predicted molar refractivity (Wildman–Crippen MR) is 101 cm³/mol. The zero-order valence-corrected chi connectivity index (χ0v) is 14.7. The highest BCUT2D eigenvalue weighted by atomic mass is 19.1. The average Bonchev–Trinajstić information content (AvgIpc) is 3.17. The Bertz CT molecular complexity index is 966. The fourth-order valence-corrected chi connectivity index (χ4v) is 3.64. The maximum absolute atomic E-state index is 14.3. The van der Waals surface area contributed by atoms with Crippen molar-refractivity contribution in [3.8, 4) is 0 Å². The van der Waals surface area contributed by atoms with E-state index in [0.29, 0.717) is 23.4 Å². The Balaban J connectivity index is 1.73. The third kappa shape index (κ3) is 3.42. The molecule has 7 heteroatoms. The molecule has 1 aromatic carbocycles. The number of fused-ring (bicyclic) bond motifs is 1. The number of hydrogen-bond donors (Lipinski definition) is 2. The van der Waals surface area contributed by atoms with E-state index in [1.165, 1.54) is 12.1 Å². The van der Waals surface area contributed by atoms with Crippen molar-refractivity contribution in [2.45, 2.75) is 18.9 Å². The minimum Gasteiger partial charge on any atom is -0.395 e. The molecule has 27 heavy (non-hydrogen) atoms. The molecule has 0 saturated carbocycles. The van der Waals surface area contributed by atoms with Crippen LogP contribution < -0.4 is 10.2 Å². The zero-order valence-electron chi connectivity index (χ0n) is 14.7. The Labute approximate surface area is 155 Å². The van der Waals surface area contributed by atoms with Gasteiger partial charge in [0.2, 0.25) is 0 Å². The van der Waals surface area contributed by atoms with Crippen LogP contribution in [0.2, 0.25) is 0 Å². The number of aliphatic hydroxyl groups is 1. The molecule has 4 rings (SSSR count). The van der Waals surface area contributed by atoms with Crippen LogP contribution in [0.5, 0.6) is 0 Å². The van der Waals surface area contributed by atoms with Gasteiger partial charge in [-0.2, -0.15) is 0 Å². The molecule has 5 nitrogen and oxygen atoms in total. The summed E-state index contributed by atoms with van der Waals surface area (Å²) in [7, 11) is 0. The Hall–Kier alpha value is -2.80. The number of nitrogens with one attached hydrogen (secondary N) is 1. The van der Waals surface area contributed by atoms with Crippen LogP contribution in [0.3, 0.4) is 0 Å². The minimum atomic E-state index is -0.440. The molecule has 3 aromatic rings. The Morgan fingerprint density at radius 3 is 2.93 bits per heavy atom.